The van der Waals surface area contributed by atoms with E-state index in [2.05, 4.69) is 11.9 Å². The molecule has 0 saturated heterocycles. The Bertz CT molecular complexity index is 111. The summed E-state index contributed by atoms with van der Waals surface area (Å²) in [5.74, 6) is -1.48. The Morgan fingerprint density at radius 1 is 1.88 bits per heavy atom. The molecule has 0 spiro atoms. The fourth-order valence-corrected chi connectivity index (χ4v) is 0.256. The topological polar surface area (TPSA) is 29.1 Å². The Balaban J connectivity index is 3.49. The molecule has 0 saturated carbocycles. The quantitative estimate of drug-likeness (QED) is 0.537. The third-order valence-electron chi connectivity index (χ3n) is 0.640. The van der Waals surface area contributed by atoms with Crippen LogP contribution in [0.1, 0.15) is 0 Å². The van der Waals surface area contributed by atoms with Crippen LogP contribution in [-0.2, 0) is 4.79 Å². The van der Waals surface area contributed by atoms with E-state index in [0.29, 0.717) is 0 Å². The first-order chi connectivity index (χ1) is 3.68. The van der Waals surface area contributed by atoms with Crippen molar-refractivity contribution in [1.29, 1.82) is 0 Å². The summed E-state index contributed by atoms with van der Waals surface area (Å²) < 4.78 is 11.7. The Kier molecular flexibility index (Phi) is 3.03. The van der Waals surface area contributed by atoms with Crippen molar-refractivity contribution in [3.63, 3.8) is 0 Å². The van der Waals surface area contributed by atoms with Gasteiger partial charge in [-0.15, -0.1) is 0 Å². The van der Waals surface area contributed by atoms with E-state index >= 15 is 0 Å². The second-order valence-electron chi connectivity index (χ2n) is 1.36. The minimum absolute atomic E-state index is 0.0231. The smallest absolute Gasteiger partial charge is 0.204 e. The highest BCUT2D eigenvalue weighted by atomic mass is 19.1. The van der Waals surface area contributed by atoms with Gasteiger partial charge in [-0.05, 0) is 7.05 Å². The largest absolute Gasteiger partial charge is 0.313 e. The van der Waals surface area contributed by atoms with E-state index in [1.807, 2.05) is 0 Å². The molecule has 0 amide bonds. The zero-order valence-corrected chi connectivity index (χ0v) is 4.70. The number of Topliss-reactive ketones (excluding diaryl/α,β-unsaturated/α-hetero) is 1. The lowest BCUT2D eigenvalue weighted by molar-refractivity contribution is -0.116. The summed E-state index contributed by atoms with van der Waals surface area (Å²) in [5.41, 5.74) is 0. The lowest BCUT2D eigenvalue weighted by Gasteiger charge is -1.91. The van der Waals surface area contributed by atoms with Crippen LogP contribution in [0, 0.1) is 0 Å². The summed E-state index contributed by atoms with van der Waals surface area (Å²) in [6.07, 6.45) is 0. The molecule has 1 N–H and O–H groups in total. The lowest BCUT2D eigenvalue weighted by Crippen LogP contribution is -2.18. The Morgan fingerprint density at radius 2 is 2.38 bits per heavy atom. The number of hydrogen-bond donors (Lipinski definition) is 1. The summed E-state index contributed by atoms with van der Waals surface area (Å²) in [7, 11) is 1.57. The number of nitrogens with one attached hydrogen (secondary N) is 1. The van der Waals surface area contributed by atoms with Crippen LogP contribution in [0.2, 0.25) is 0 Å². The predicted molar refractivity (Wildman–Crippen MR) is 29.2 cm³/mol. The number of hydrogen-bond acceptors (Lipinski definition) is 2. The summed E-state index contributed by atoms with van der Waals surface area (Å²) >= 11 is 0. The van der Waals surface area contributed by atoms with Crippen LogP contribution >= 0.6 is 0 Å². The molecule has 0 rings (SSSR count). The maximum absolute atomic E-state index is 11.7. The van der Waals surface area contributed by atoms with E-state index in [1.165, 1.54) is 0 Å². The molecular formula is C5H8FNO. The first kappa shape index (κ1) is 7.30. The summed E-state index contributed by atoms with van der Waals surface area (Å²) in [6.45, 7) is 2.84. The molecule has 0 aliphatic rings. The van der Waals surface area contributed by atoms with Crippen molar-refractivity contribution in [3.05, 3.63) is 12.4 Å². The number of likely N-dealkylation sites (N-methyl/N-ethyl adjacent to an activating group) is 1. The van der Waals surface area contributed by atoms with Crippen molar-refractivity contribution in [2.45, 2.75) is 0 Å². The van der Waals surface area contributed by atoms with Gasteiger partial charge in [0.2, 0.25) is 5.78 Å². The van der Waals surface area contributed by atoms with Gasteiger partial charge in [-0.3, -0.25) is 4.79 Å². The zero-order chi connectivity index (χ0) is 6.57. The van der Waals surface area contributed by atoms with E-state index in [9.17, 15) is 9.18 Å². The number of carbonyl (C=O) groups is 1. The molecule has 0 radical (unpaired) electrons. The Hall–Kier alpha value is -0.700. The number of carbonyl (C=O) groups excluding carboxylic acids is 1. The van der Waals surface area contributed by atoms with Gasteiger partial charge in [-0.2, -0.15) is 0 Å². The van der Waals surface area contributed by atoms with E-state index in [1.54, 1.807) is 7.05 Å². The third kappa shape index (κ3) is 2.47. The minimum atomic E-state index is -0.889. The predicted octanol–water partition coefficient (Wildman–Crippen LogP) is 0.258. The van der Waals surface area contributed by atoms with Crippen LogP contribution in [-0.4, -0.2) is 19.4 Å². The standard InChI is InChI=1S/C5H8FNO/c1-4(6)5(8)3-7-2/h7H,1,3H2,2H3. The summed E-state index contributed by atoms with van der Waals surface area (Å²) in [5, 5.41) is 2.50. The zero-order valence-electron chi connectivity index (χ0n) is 4.70. The molecule has 0 aromatic heterocycles. The lowest BCUT2D eigenvalue weighted by atomic mass is 10.4. The molecule has 0 fully saturated rings. The van der Waals surface area contributed by atoms with E-state index in [-0.39, 0.29) is 6.54 Å². The SMILES string of the molecule is C=C(F)C(=O)CNC. The second-order valence-corrected chi connectivity index (χ2v) is 1.36. The average molecular weight is 117 g/mol. The van der Waals surface area contributed by atoms with Crippen molar-refractivity contribution >= 4 is 5.78 Å². The van der Waals surface area contributed by atoms with Crippen molar-refractivity contribution < 1.29 is 9.18 Å². The number of rotatable bonds is 3. The number of ketones is 1. The second kappa shape index (κ2) is 3.32. The Labute approximate surface area is 47.4 Å². The molecule has 0 aliphatic heterocycles. The molecule has 0 atom stereocenters. The van der Waals surface area contributed by atoms with E-state index in [4.69, 9.17) is 0 Å². The average Bonchev–Trinajstić information content (AvgIpc) is 1.67. The molecule has 0 unspecified atom stereocenters. The molecule has 8 heavy (non-hydrogen) atoms. The highest BCUT2D eigenvalue weighted by Gasteiger charge is 2.01. The van der Waals surface area contributed by atoms with Crippen LogP contribution < -0.4 is 5.32 Å². The van der Waals surface area contributed by atoms with Gasteiger partial charge in [0.1, 0.15) is 0 Å². The van der Waals surface area contributed by atoms with Crippen LogP contribution in [0.25, 0.3) is 0 Å². The van der Waals surface area contributed by atoms with Crippen LogP contribution in [0.15, 0.2) is 12.4 Å². The van der Waals surface area contributed by atoms with Crippen LogP contribution in [0.3, 0.4) is 0 Å². The molecular weight excluding hydrogens is 109 g/mol. The van der Waals surface area contributed by atoms with Gasteiger partial charge in [-0.1, -0.05) is 6.58 Å². The van der Waals surface area contributed by atoms with Gasteiger partial charge < -0.3 is 5.32 Å². The maximum Gasteiger partial charge on any atom is 0.204 e. The highest BCUT2D eigenvalue weighted by Crippen LogP contribution is 1.89. The third-order valence-corrected chi connectivity index (χ3v) is 0.640. The van der Waals surface area contributed by atoms with E-state index < -0.39 is 11.6 Å². The highest BCUT2D eigenvalue weighted by molar-refractivity contribution is 5.94. The van der Waals surface area contributed by atoms with Crippen molar-refractivity contribution in [2.24, 2.45) is 0 Å². The summed E-state index contributed by atoms with van der Waals surface area (Å²) in [4.78, 5) is 10.2. The van der Waals surface area contributed by atoms with Crippen LogP contribution in [0.5, 0.6) is 0 Å². The first-order valence-electron chi connectivity index (χ1n) is 2.20. The number of halogens is 1. The fraction of sp³-hybridized carbons (Fsp3) is 0.400. The molecule has 0 heterocycles. The van der Waals surface area contributed by atoms with Gasteiger partial charge in [-0.25, -0.2) is 4.39 Å². The van der Waals surface area contributed by atoms with Gasteiger partial charge in [0, 0.05) is 0 Å². The minimum Gasteiger partial charge on any atom is -0.313 e. The van der Waals surface area contributed by atoms with Gasteiger partial charge in [0.15, 0.2) is 5.83 Å². The van der Waals surface area contributed by atoms with Gasteiger partial charge >= 0.3 is 0 Å². The van der Waals surface area contributed by atoms with Crippen molar-refractivity contribution in [1.82, 2.24) is 5.32 Å². The molecule has 0 bridgehead atoms. The molecule has 0 aromatic rings. The molecule has 2 nitrogen and oxygen atoms in total. The normalized spacial score (nSPS) is 8.75. The molecule has 46 valence electrons. The first-order valence-corrected chi connectivity index (χ1v) is 2.20. The molecule has 0 aromatic carbocycles. The maximum atomic E-state index is 11.7. The summed E-state index contributed by atoms with van der Waals surface area (Å²) in [6, 6.07) is 0. The van der Waals surface area contributed by atoms with Crippen molar-refractivity contribution in [3.8, 4) is 0 Å². The fourth-order valence-electron chi connectivity index (χ4n) is 0.256. The van der Waals surface area contributed by atoms with Gasteiger partial charge in [0.05, 0.1) is 6.54 Å². The monoisotopic (exact) mass is 117 g/mol. The van der Waals surface area contributed by atoms with Crippen molar-refractivity contribution in [2.75, 3.05) is 13.6 Å². The van der Waals surface area contributed by atoms with Crippen LogP contribution in [0.4, 0.5) is 4.39 Å². The Morgan fingerprint density at radius 3 is 2.50 bits per heavy atom. The van der Waals surface area contributed by atoms with E-state index in [0.717, 1.165) is 0 Å². The van der Waals surface area contributed by atoms with Gasteiger partial charge in [0.25, 0.3) is 0 Å². The molecule has 0 aliphatic carbocycles. The molecule has 3 heteroatoms.